The SMILES string of the molecule is C=CCOc1ccc(C(O)=C2C(=O)C(=O)N(CCN3CCOCC3)C23C(=O)N(CCC)c2ccccc23)cc1C. The molecule has 0 bridgehead atoms. The van der Waals surface area contributed by atoms with E-state index >= 15 is 0 Å². The second kappa shape index (κ2) is 11.3. The summed E-state index contributed by atoms with van der Waals surface area (Å²) in [6.07, 6.45) is 2.32. The summed E-state index contributed by atoms with van der Waals surface area (Å²) < 4.78 is 11.1. The lowest BCUT2D eigenvalue weighted by atomic mass is 9.81. The van der Waals surface area contributed by atoms with Crippen LogP contribution in [0.5, 0.6) is 5.75 Å². The lowest BCUT2D eigenvalue weighted by Crippen LogP contribution is -2.54. The van der Waals surface area contributed by atoms with Gasteiger partial charge in [0.25, 0.3) is 17.6 Å². The Balaban J connectivity index is 1.68. The predicted molar refractivity (Wildman–Crippen MR) is 151 cm³/mol. The number of amides is 2. The quantitative estimate of drug-likeness (QED) is 0.224. The lowest BCUT2D eigenvalue weighted by Gasteiger charge is -2.36. The van der Waals surface area contributed by atoms with Crippen LogP contribution in [-0.4, -0.2) is 85.0 Å². The van der Waals surface area contributed by atoms with Crippen LogP contribution in [0.3, 0.4) is 0 Å². The monoisotopic (exact) mass is 545 g/mol. The fourth-order valence-electron chi connectivity index (χ4n) is 5.93. The van der Waals surface area contributed by atoms with Crippen LogP contribution >= 0.6 is 0 Å². The van der Waals surface area contributed by atoms with Gasteiger partial charge in [-0.15, -0.1) is 0 Å². The Morgan fingerprint density at radius 2 is 1.85 bits per heavy atom. The van der Waals surface area contributed by atoms with Crippen LogP contribution in [0, 0.1) is 6.92 Å². The van der Waals surface area contributed by atoms with Crippen LogP contribution in [-0.2, 0) is 24.7 Å². The van der Waals surface area contributed by atoms with Crippen LogP contribution in [0.2, 0.25) is 0 Å². The minimum Gasteiger partial charge on any atom is -0.507 e. The third-order valence-corrected chi connectivity index (χ3v) is 7.81. The minimum atomic E-state index is -1.76. The second-order valence-corrected chi connectivity index (χ2v) is 10.2. The number of morpholine rings is 1. The molecule has 0 aliphatic carbocycles. The van der Waals surface area contributed by atoms with Gasteiger partial charge in [-0.3, -0.25) is 19.3 Å². The van der Waals surface area contributed by atoms with E-state index in [0.29, 0.717) is 75.0 Å². The molecule has 9 nitrogen and oxygen atoms in total. The highest BCUT2D eigenvalue weighted by atomic mass is 16.5. The summed E-state index contributed by atoms with van der Waals surface area (Å²) in [5.41, 5.74) is 0.263. The molecule has 1 atom stereocenters. The van der Waals surface area contributed by atoms with Crippen molar-refractivity contribution < 1.29 is 29.0 Å². The van der Waals surface area contributed by atoms with Crippen LogP contribution in [0.15, 0.2) is 60.7 Å². The van der Waals surface area contributed by atoms with Crippen molar-refractivity contribution in [3.63, 3.8) is 0 Å². The number of benzene rings is 2. The third-order valence-electron chi connectivity index (χ3n) is 7.81. The highest BCUT2D eigenvalue weighted by Gasteiger charge is 2.67. The molecule has 2 aromatic rings. The maximum absolute atomic E-state index is 14.5. The molecule has 3 heterocycles. The molecule has 1 N–H and O–H groups in total. The number of rotatable bonds is 9. The van der Waals surface area contributed by atoms with E-state index in [4.69, 9.17) is 9.47 Å². The molecule has 2 saturated heterocycles. The van der Waals surface area contributed by atoms with E-state index in [0.717, 1.165) is 5.56 Å². The first kappa shape index (κ1) is 27.6. The molecule has 2 aromatic carbocycles. The number of carbonyl (C=O) groups is 3. The van der Waals surface area contributed by atoms with Gasteiger partial charge >= 0.3 is 0 Å². The maximum Gasteiger partial charge on any atom is 0.296 e. The van der Waals surface area contributed by atoms with E-state index in [-0.39, 0.29) is 17.9 Å². The van der Waals surface area contributed by atoms with Crippen molar-refractivity contribution >= 4 is 29.0 Å². The lowest BCUT2D eigenvalue weighted by molar-refractivity contribution is -0.144. The Morgan fingerprint density at radius 3 is 2.55 bits per heavy atom. The summed E-state index contributed by atoms with van der Waals surface area (Å²) in [5, 5.41) is 11.7. The molecule has 9 heteroatoms. The predicted octanol–water partition coefficient (Wildman–Crippen LogP) is 3.22. The molecule has 210 valence electrons. The zero-order valence-electron chi connectivity index (χ0n) is 23.0. The number of anilines is 1. The Morgan fingerprint density at radius 1 is 1.10 bits per heavy atom. The number of ketones is 1. The van der Waals surface area contributed by atoms with Crippen LogP contribution in [0.1, 0.15) is 30.0 Å². The number of likely N-dealkylation sites (tertiary alicyclic amines) is 1. The van der Waals surface area contributed by atoms with Gasteiger partial charge in [0.1, 0.15) is 18.1 Å². The number of aryl methyl sites for hydroxylation is 1. The number of aliphatic hydroxyl groups is 1. The highest BCUT2D eigenvalue weighted by Crippen LogP contribution is 2.53. The normalized spacial score (nSPS) is 22.3. The maximum atomic E-state index is 14.5. The third kappa shape index (κ3) is 4.39. The van der Waals surface area contributed by atoms with Gasteiger partial charge in [-0.05, 0) is 43.2 Å². The van der Waals surface area contributed by atoms with E-state index in [1.165, 1.54) is 4.90 Å². The summed E-state index contributed by atoms with van der Waals surface area (Å²) >= 11 is 0. The van der Waals surface area contributed by atoms with Crippen molar-refractivity contribution in [2.45, 2.75) is 25.8 Å². The molecule has 0 aromatic heterocycles. The summed E-state index contributed by atoms with van der Waals surface area (Å²) in [7, 11) is 0. The first-order valence-corrected chi connectivity index (χ1v) is 13.7. The molecule has 0 saturated carbocycles. The van der Waals surface area contributed by atoms with Crippen molar-refractivity contribution in [1.82, 2.24) is 9.80 Å². The van der Waals surface area contributed by atoms with Crippen molar-refractivity contribution in [3.8, 4) is 5.75 Å². The average Bonchev–Trinajstić information content (AvgIpc) is 3.34. The number of fused-ring (bicyclic) bond motifs is 2. The molecule has 2 fully saturated rings. The van der Waals surface area contributed by atoms with Crippen LogP contribution < -0.4 is 9.64 Å². The van der Waals surface area contributed by atoms with Gasteiger partial charge in [0.15, 0.2) is 5.54 Å². The van der Waals surface area contributed by atoms with Crippen LogP contribution in [0.4, 0.5) is 5.69 Å². The van der Waals surface area contributed by atoms with Crippen molar-refractivity contribution in [1.29, 1.82) is 0 Å². The molecule has 1 unspecified atom stereocenters. The minimum absolute atomic E-state index is 0.148. The fraction of sp³-hybridized carbons (Fsp3) is 0.387. The number of ether oxygens (including phenoxy) is 2. The Kier molecular flexibility index (Phi) is 7.78. The van der Waals surface area contributed by atoms with Gasteiger partial charge in [-0.1, -0.05) is 37.8 Å². The number of hydrogen-bond donors (Lipinski definition) is 1. The van der Waals surface area contributed by atoms with Crippen LogP contribution in [0.25, 0.3) is 5.76 Å². The number of para-hydroxylation sites is 1. The fourth-order valence-corrected chi connectivity index (χ4v) is 5.93. The standard InChI is InChI=1S/C31H35N3O6/c1-4-12-33-24-9-7-6-8-23(24)31(30(33)38)26(27(35)22-10-11-25(21(3)20-22)40-17-5-2)28(36)29(37)34(31)14-13-32-15-18-39-19-16-32/h5-11,20,35H,2,4,12-19H2,1,3H3. The Bertz CT molecular complexity index is 1380. The first-order chi connectivity index (χ1) is 19.4. The van der Waals surface area contributed by atoms with Gasteiger partial charge in [0.05, 0.1) is 24.5 Å². The largest absolute Gasteiger partial charge is 0.507 e. The van der Waals surface area contributed by atoms with E-state index in [1.807, 2.05) is 26.0 Å². The van der Waals surface area contributed by atoms with Crippen molar-refractivity contribution in [2.75, 3.05) is 57.4 Å². The molecular weight excluding hydrogens is 510 g/mol. The summed E-state index contributed by atoms with van der Waals surface area (Å²) in [6, 6.07) is 12.3. The van der Waals surface area contributed by atoms with Gasteiger partial charge in [0, 0.05) is 43.9 Å². The molecule has 5 rings (SSSR count). The average molecular weight is 546 g/mol. The van der Waals surface area contributed by atoms with E-state index < -0.39 is 23.1 Å². The zero-order chi connectivity index (χ0) is 28.4. The zero-order valence-corrected chi connectivity index (χ0v) is 23.0. The Hall–Kier alpha value is -3.95. The summed E-state index contributed by atoms with van der Waals surface area (Å²) in [5.74, 6) is -1.84. The molecule has 1 spiro atoms. The summed E-state index contributed by atoms with van der Waals surface area (Å²) in [6.45, 7) is 11.4. The molecule has 0 radical (unpaired) electrons. The molecule has 2 amide bonds. The molecular formula is C31H35N3O6. The number of aliphatic hydroxyl groups excluding tert-OH is 1. The van der Waals surface area contributed by atoms with Gasteiger partial charge in [0.2, 0.25) is 0 Å². The van der Waals surface area contributed by atoms with E-state index in [2.05, 4.69) is 11.5 Å². The van der Waals surface area contributed by atoms with E-state index in [9.17, 15) is 19.5 Å². The van der Waals surface area contributed by atoms with Gasteiger partial charge < -0.3 is 24.4 Å². The van der Waals surface area contributed by atoms with Gasteiger partial charge in [-0.25, -0.2) is 0 Å². The van der Waals surface area contributed by atoms with E-state index in [1.54, 1.807) is 41.3 Å². The first-order valence-electron chi connectivity index (χ1n) is 13.7. The molecule has 3 aliphatic rings. The Labute approximate surface area is 234 Å². The number of carbonyl (C=O) groups excluding carboxylic acids is 3. The topological polar surface area (TPSA) is 99.6 Å². The molecule has 40 heavy (non-hydrogen) atoms. The highest BCUT2D eigenvalue weighted by molar-refractivity contribution is 6.50. The van der Waals surface area contributed by atoms with Gasteiger partial charge in [-0.2, -0.15) is 0 Å². The van der Waals surface area contributed by atoms with Crippen molar-refractivity contribution in [3.05, 3.63) is 77.4 Å². The number of hydrogen-bond acceptors (Lipinski definition) is 7. The smallest absolute Gasteiger partial charge is 0.296 e. The second-order valence-electron chi connectivity index (χ2n) is 10.2. The number of nitrogens with zero attached hydrogens (tertiary/aromatic N) is 3. The summed E-state index contributed by atoms with van der Waals surface area (Å²) in [4.78, 5) is 47.2. The van der Waals surface area contributed by atoms with Crippen molar-refractivity contribution in [2.24, 2.45) is 0 Å². The molecule has 3 aliphatic heterocycles. The number of Topliss-reactive ketones (excluding diaryl/α,β-unsaturated/α-hetero) is 1.